The summed E-state index contributed by atoms with van der Waals surface area (Å²) >= 11 is 17.7. The molecule has 22 heavy (non-hydrogen) atoms. The summed E-state index contributed by atoms with van der Waals surface area (Å²) in [5, 5.41) is 21.3. The molecule has 0 bridgehead atoms. The SMILES string of the molecule is Oc1ccc(Cl)cc1C(O)COCCc1ccc(Cl)cc1Cl. The minimum atomic E-state index is -0.945. The molecule has 118 valence electrons. The van der Waals surface area contributed by atoms with Crippen molar-refractivity contribution in [2.45, 2.75) is 12.5 Å². The number of hydrogen-bond donors (Lipinski definition) is 2. The average Bonchev–Trinajstić information content (AvgIpc) is 2.47. The average molecular weight is 362 g/mol. The fraction of sp³-hybridized carbons (Fsp3) is 0.250. The first-order valence-corrected chi connectivity index (χ1v) is 7.79. The number of hydrogen-bond acceptors (Lipinski definition) is 3. The molecule has 2 aromatic rings. The largest absolute Gasteiger partial charge is 0.508 e. The summed E-state index contributed by atoms with van der Waals surface area (Å²) in [6, 6.07) is 9.79. The van der Waals surface area contributed by atoms with Crippen LogP contribution in [0.3, 0.4) is 0 Å². The number of halogens is 3. The smallest absolute Gasteiger partial charge is 0.121 e. The molecule has 3 nitrogen and oxygen atoms in total. The van der Waals surface area contributed by atoms with Crippen LogP contribution in [0, 0.1) is 0 Å². The van der Waals surface area contributed by atoms with Crippen molar-refractivity contribution >= 4 is 34.8 Å². The standard InChI is InChI=1S/C16H15Cl3O3/c17-11-3-4-15(20)13(7-11)16(21)9-22-6-5-10-1-2-12(18)8-14(10)19/h1-4,7-8,16,20-21H,5-6,9H2. The first-order valence-electron chi connectivity index (χ1n) is 6.65. The lowest BCUT2D eigenvalue weighted by atomic mass is 10.1. The van der Waals surface area contributed by atoms with Crippen LogP contribution in [0.15, 0.2) is 36.4 Å². The fourth-order valence-corrected chi connectivity index (χ4v) is 2.67. The Morgan fingerprint density at radius 3 is 2.41 bits per heavy atom. The van der Waals surface area contributed by atoms with Crippen molar-refractivity contribution in [2.75, 3.05) is 13.2 Å². The molecule has 0 saturated carbocycles. The Labute approximate surface area is 144 Å². The molecule has 1 atom stereocenters. The predicted octanol–water partition coefficient (Wildman–Crippen LogP) is 4.65. The lowest BCUT2D eigenvalue weighted by molar-refractivity contribution is 0.0362. The molecule has 0 aliphatic carbocycles. The zero-order chi connectivity index (χ0) is 16.1. The van der Waals surface area contributed by atoms with E-state index < -0.39 is 6.10 Å². The fourth-order valence-electron chi connectivity index (χ4n) is 1.98. The molecule has 0 heterocycles. The van der Waals surface area contributed by atoms with Gasteiger partial charge in [-0.3, -0.25) is 0 Å². The normalized spacial score (nSPS) is 12.4. The molecule has 0 aliphatic heterocycles. The molecule has 0 fully saturated rings. The van der Waals surface area contributed by atoms with E-state index in [1.165, 1.54) is 12.1 Å². The number of phenols is 1. The maximum atomic E-state index is 10.0. The number of aromatic hydroxyl groups is 1. The van der Waals surface area contributed by atoms with Crippen molar-refractivity contribution in [3.05, 3.63) is 62.6 Å². The van der Waals surface area contributed by atoms with Crippen molar-refractivity contribution < 1.29 is 14.9 Å². The molecule has 6 heteroatoms. The zero-order valence-corrected chi connectivity index (χ0v) is 13.9. The molecular weight excluding hydrogens is 347 g/mol. The Hall–Kier alpha value is -0.970. The van der Waals surface area contributed by atoms with Gasteiger partial charge in [0.05, 0.1) is 13.2 Å². The quantitative estimate of drug-likeness (QED) is 0.737. The van der Waals surface area contributed by atoms with Crippen LogP contribution in [0.25, 0.3) is 0 Å². The number of aliphatic hydroxyl groups is 1. The van der Waals surface area contributed by atoms with Crippen LogP contribution in [0.2, 0.25) is 15.1 Å². The van der Waals surface area contributed by atoms with Crippen LogP contribution in [-0.2, 0) is 11.2 Å². The van der Waals surface area contributed by atoms with Crippen LogP contribution < -0.4 is 0 Å². The molecule has 0 saturated heterocycles. The van der Waals surface area contributed by atoms with Crippen molar-refractivity contribution in [3.63, 3.8) is 0 Å². The zero-order valence-electron chi connectivity index (χ0n) is 11.6. The lowest BCUT2D eigenvalue weighted by Crippen LogP contribution is -2.09. The van der Waals surface area contributed by atoms with Gasteiger partial charge in [0, 0.05) is 20.6 Å². The Balaban J connectivity index is 1.84. The summed E-state index contributed by atoms with van der Waals surface area (Å²) < 4.78 is 5.44. The Morgan fingerprint density at radius 2 is 1.68 bits per heavy atom. The van der Waals surface area contributed by atoms with Crippen molar-refractivity contribution in [1.82, 2.24) is 0 Å². The van der Waals surface area contributed by atoms with Crippen LogP contribution in [0.5, 0.6) is 5.75 Å². The molecule has 2 rings (SSSR count). The highest BCUT2D eigenvalue weighted by Crippen LogP contribution is 2.27. The molecular formula is C16H15Cl3O3. The first kappa shape index (κ1) is 17.4. The third kappa shape index (κ3) is 4.77. The van der Waals surface area contributed by atoms with Crippen LogP contribution in [0.4, 0.5) is 0 Å². The maximum absolute atomic E-state index is 10.0. The highest BCUT2D eigenvalue weighted by atomic mass is 35.5. The minimum absolute atomic E-state index is 0.0127. The number of rotatable bonds is 6. The van der Waals surface area contributed by atoms with E-state index in [0.717, 1.165) is 5.56 Å². The Morgan fingerprint density at radius 1 is 1.00 bits per heavy atom. The highest BCUT2D eigenvalue weighted by Gasteiger charge is 2.13. The molecule has 0 aromatic heterocycles. The maximum Gasteiger partial charge on any atom is 0.121 e. The number of aliphatic hydroxyl groups excluding tert-OH is 1. The molecule has 0 spiro atoms. The molecule has 0 radical (unpaired) electrons. The number of ether oxygens (including phenoxy) is 1. The van der Waals surface area contributed by atoms with Gasteiger partial charge in [-0.05, 0) is 42.3 Å². The molecule has 1 unspecified atom stereocenters. The number of benzene rings is 2. The molecule has 2 aromatic carbocycles. The van der Waals surface area contributed by atoms with E-state index in [-0.39, 0.29) is 12.4 Å². The monoisotopic (exact) mass is 360 g/mol. The second kappa shape index (κ2) is 8.04. The Bertz CT molecular complexity index is 647. The molecule has 2 N–H and O–H groups in total. The lowest BCUT2D eigenvalue weighted by Gasteiger charge is -2.13. The van der Waals surface area contributed by atoms with Gasteiger partial charge < -0.3 is 14.9 Å². The van der Waals surface area contributed by atoms with E-state index in [9.17, 15) is 10.2 Å². The van der Waals surface area contributed by atoms with Crippen molar-refractivity contribution in [2.24, 2.45) is 0 Å². The summed E-state index contributed by atoms with van der Waals surface area (Å²) in [4.78, 5) is 0. The molecule has 0 aliphatic rings. The second-order valence-electron chi connectivity index (χ2n) is 4.78. The van der Waals surface area contributed by atoms with E-state index in [2.05, 4.69) is 0 Å². The number of phenolic OH excluding ortho intramolecular Hbond substituents is 1. The van der Waals surface area contributed by atoms with Crippen LogP contribution in [0.1, 0.15) is 17.2 Å². The third-order valence-electron chi connectivity index (χ3n) is 3.16. The van der Waals surface area contributed by atoms with Crippen molar-refractivity contribution in [3.8, 4) is 5.75 Å². The van der Waals surface area contributed by atoms with Crippen LogP contribution in [-0.4, -0.2) is 23.4 Å². The Kier molecular flexibility index (Phi) is 6.36. The van der Waals surface area contributed by atoms with Gasteiger partial charge in [-0.1, -0.05) is 40.9 Å². The topological polar surface area (TPSA) is 49.7 Å². The van der Waals surface area contributed by atoms with Gasteiger partial charge in [0.15, 0.2) is 0 Å². The summed E-state index contributed by atoms with van der Waals surface area (Å²) in [5.41, 5.74) is 1.27. The molecule has 0 amide bonds. The van der Waals surface area contributed by atoms with E-state index >= 15 is 0 Å². The third-order valence-corrected chi connectivity index (χ3v) is 3.98. The summed E-state index contributed by atoms with van der Waals surface area (Å²) in [6.45, 7) is 0.443. The van der Waals surface area contributed by atoms with Gasteiger partial charge in [-0.15, -0.1) is 0 Å². The van der Waals surface area contributed by atoms with E-state index in [1.54, 1.807) is 18.2 Å². The summed E-state index contributed by atoms with van der Waals surface area (Å²) in [6.07, 6.45) is -0.344. The van der Waals surface area contributed by atoms with Crippen LogP contribution >= 0.6 is 34.8 Å². The van der Waals surface area contributed by atoms with E-state index in [0.29, 0.717) is 33.7 Å². The van der Waals surface area contributed by atoms with Gasteiger partial charge in [0.25, 0.3) is 0 Å². The first-order chi connectivity index (χ1) is 10.5. The highest BCUT2D eigenvalue weighted by molar-refractivity contribution is 6.35. The van der Waals surface area contributed by atoms with Crippen molar-refractivity contribution in [1.29, 1.82) is 0 Å². The minimum Gasteiger partial charge on any atom is -0.508 e. The second-order valence-corrected chi connectivity index (χ2v) is 6.06. The summed E-state index contributed by atoms with van der Waals surface area (Å²) in [7, 11) is 0. The van der Waals surface area contributed by atoms with Gasteiger partial charge in [-0.2, -0.15) is 0 Å². The predicted molar refractivity (Wildman–Crippen MR) is 89.1 cm³/mol. The summed E-state index contributed by atoms with van der Waals surface area (Å²) in [5.74, 6) is -0.0127. The van der Waals surface area contributed by atoms with Gasteiger partial charge in [0.1, 0.15) is 11.9 Å². The van der Waals surface area contributed by atoms with E-state index in [4.69, 9.17) is 39.5 Å². The van der Waals surface area contributed by atoms with E-state index in [1.807, 2.05) is 6.07 Å². The van der Waals surface area contributed by atoms with Gasteiger partial charge in [0.2, 0.25) is 0 Å². The van der Waals surface area contributed by atoms with Gasteiger partial charge in [-0.25, -0.2) is 0 Å². The van der Waals surface area contributed by atoms with Gasteiger partial charge >= 0.3 is 0 Å².